The van der Waals surface area contributed by atoms with Gasteiger partial charge in [-0.15, -0.1) is 5.10 Å². The number of benzene rings is 1. The summed E-state index contributed by atoms with van der Waals surface area (Å²) in [5.41, 5.74) is 3.22. The van der Waals surface area contributed by atoms with E-state index in [2.05, 4.69) is 15.6 Å². The number of nitrogens with zero attached hydrogens (tertiary/aromatic N) is 5. The number of nitriles is 2. The number of nitrogens with one attached hydrogen (secondary N) is 1. The van der Waals surface area contributed by atoms with Gasteiger partial charge in [0, 0.05) is 0 Å². The van der Waals surface area contributed by atoms with Crippen LogP contribution in [0.2, 0.25) is 0 Å². The van der Waals surface area contributed by atoms with Gasteiger partial charge in [0.2, 0.25) is 0 Å². The Hall–Kier alpha value is -2.70. The molecule has 0 saturated carbocycles. The number of aromatic nitrogens is 3. The molecule has 21 heavy (non-hydrogen) atoms. The molecule has 2 rings (SSSR count). The van der Waals surface area contributed by atoms with E-state index in [0.29, 0.717) is 11.1 Å². The predicted molar refractivity (Wildman–Crippen MR) is 77.6 cm³/mol. The van der Waals surface area contributed by atoms with Crippen LogP contribution >= 0.6 is 0 Å². The highest BCUT2D eigenvalue weighted by atomic mass is 15.4. The van der Waals surface area contributed by atoms with Gasteiger partial charge in [-0.2, -0.15) is 10.5 Å². The Balaban J connectivity index is 2.45. The summed E-state index contributed by atoms with van der Waals surface area (Å²) >= 11 is 0. The van der Waals surface area contributed by atoms with Gasteiger partial charge in [-0.25, -0.2) is 4.68 Å². The second-order valence-corrected chi connectivity index (χ2v) is 4.70. The summed E-state index contributed by atoms with van der Waals surface area (Å²) in [6, 6.07) is 9.19. The van der Waals surface area contributed by atoms with E-state index in [1.807, 2.05) is 32.9 Å². The summed E-state index contributed by atoms with van der Waals surface area (Å²) in [5.74, 6) is 0. The molecule has 1 N–H and O–H groups in total. The third-order valence-electron chi connectivity index (χ3n) is 3.34. The summed E-state index contributed by atoms with van der Waals surface area (Å²) in [6.45, 7) is 6.86. The van der Waals surface area contributed by atoms with E-state index in [1.165, 1.54) is 0 Å². The highest BCUT2D eigenvalue weighted by Crippen LogP contribution is 2.19. The summed E-state index contributed by atoms with van der Waals surface area (Å²) in [7, 11) is 0. The van der Waals surface area contributed by atoms with E-state index in [1.54, 1.807) is 22.9 Å². The normalized spacial score (nSPS) is 11.7. The van der Waals surface area contributed by atoms with E-state index in [9.17, 15) is 0 Å². The van der Waals surface area contributed by atoms with Gasteiger partial charge in [-0.1, -0.05) is 12.1 Å². The zero-order valence-electron chi connectivity index (χ0n) is 12.3. The molecule has 0 fully saturated rings. The molecule has 6 nitrogen and oxygen atoms in total. The molecule has 6 heteroatoms. The van der Waals surface area contributed by atoms with Crippen LogP contribution in [0, 0.1) is 29.6 Å². The maximum absolute atomic E-state index is 9.10. The molecule has 106 valence electrons. The first kappa shape index (κ1) is 14.7. The van der Waals surface area contributed by atoms with Crippen LogP contribution in [-0.2, 0) is 0 Å². The van der Waals surface area contributed by atoms with Gasteiger partial charge in [0.05, 0.1) is 28.6 Å². The van der Waals surface area contributed by atoms with Crippen molar-refractivity contribution in [3.63, 3.8) is 0 Å². The Morgan fingerprint density at radius 2 is 2.00 bits per heavy atom. The fraction of sp³-hybridized carbons (Fsp3) is 0.333. The quantitative estimate of drug-likeness (QED) is 0.924. The number of hydrogen-bond acceptors (Lipinski definition) is 5. The summed E-state index contributed by atoms with van der Waals surface area (Å²) in [4.78, 5) is 0. The maximum Gasteiger partial charge on any atom is 0.103 e. The van der Waals surface area contributed by atoms with Gasteiger partial charge in [0.1, 0.15) is 17.8 Å². The van der Waals surface area contributed by atoms with Gasteiger partial charge in [-0.05, 0) is 38.6 Å². The smallest absolute Gasteiger partial charge is 0.103 e. The Morgan fingerprint density at radius 3 is 2.62 bits per heavy atom. The van der Waals surface area contributed by atoms with E-state index >= 15 is 0 Å². The first-order chi connectivity index (χ1) is 10.1. The lowest BCUT2D eigenvalue weighted by molar-refractivity contribution is 0.579. The molecule has 2 aromatic rings. The average molecular weight is 280 g/mol. The first-order valence-electron chi connectivity index (χ1n) is 6.72. The van der Waals surface area contributed by atoms with Crippen LogP contribution in [0.1, 0.15) is 42.4 Å². The van der Waals surface area contributed by atoms with Gasteiger partial charge in [0.15, 0.2) is 0 Å². The van der Waals surface area contributed by atoms with Crippen LogP contribution in [0.5, 0.6) is 0 Å². The summed E-state index contributed by atoms with van der Waals surface area (Å²) in [6.07, 6.45) is 0. The lowest BCUT2D eigenvalue weighted by Crippen LogP contribution is -2.19. The van der Waals surface area contributed by atoms with Crippen molar-refractivity contribution in [2.24, 2.45) is 0 Å². The number of rotatable bonds is 4. The molecule has 0 aliphatic carbocycles. The lowest BCUT2D eigenvalue weighted by Gasteiger charge is -2.10. The van der Waals surface area contributed by atoms with Crippen molar-refractivity contribution in [2.75, 3.05) is 6.54 Å². The standard InChI is InChI=1S/C15H16N6/c1-4-18-10(2)15-11(3)21(20-19-15)14-6-5-12(8-16)13(7-14)9-17/h5-7,10,18H,4H2,1-3H3. The molecule has 1 atom stereocenters. The molecule has 0 saturated heterocycles. The predicted octanol–water partition coefficient (Wildman–Crippen LogP) is 1.99. The van der Waals surface area contributed by atoms with E-state index in [0.717, 1.165) is 23.6 Å². The largest absolute Gasteiger partial charge is 0.309 e. The highest BCUT2D eigenvalue weighted by Gasteiger charge is 2.16. The molecule has 0 aliphatic heterocycles. The minimum Gasteiger partial charge on any atom is -0.309 e. The zero-order chi connectivity index (χ0) is 15.4. The Bertz CT molecular complexity index is 732. The van der Waals surface area contributed by atoms with Gasteiger partial charge < -0.3 is 5.32 Å². The van der Waals surface area contributed by atoms with Gasteiger partial charge >= 0.3 is 0 Å². The zero-order valence-corrected chi connectivity index (χ0v) is 12.3. The van der Waals surface area contributed by atoms with Crippen molar-refractivity contribution in [1.29, 1.82) is 10.5 Å². The fourth-order valence-corrected chi connectivity index (χ4v) is 2.24. The van der Waals surface area contributed by atoms with Crippen LogP contribution < -0.4 is 5.32 Å². The third kappa shape index (κ3) is 2.76. The second-order valence-electron chi connectivity index (χ2n) is 4.70. The highest BCUT2D eigenvalue weighted by molar-refractivity contribution is 5.51. The summed E-state index contributed by atoms with van der Waals surface area (Å²) in [5, 5.41) is 29.7. The average Bonchev–Trinajstić information content (AvgIpc) is 2.88. The molecule has 1 heterocycles. The SMILES string of the molecule is CCNC(C)c1nnn(-c2ccc(C#N)c(C#N)c2)c1C. The van der Waals surface area contributed by atoms with Crippen molar-refractivity contribution in [1.82, 2.24) is 20.3 Å². The van der Waals surface area contributed by atoms with E-state index < -0.39 is 0 Å². The van der Waals surface area contributed by atoms with Crippen molar-refractivity contribution in [2.45, 2.75) is 26.8 Å². The van der Waals surface area contributed by atoms with Gasteiger partial charge in [0.25, 0.3) is 0 Å². The monoisotopic (exact) mass is 280 g/mol. The molecule has 0 bridgehead atoms. The molecular weight excluding hydrogens is 264 g/mol. The first-order valence-corrected chi connectivity index (χ1v) is 6.72. The number of hydrogen-bond donors (Lipinski definition) is 1. The molecule has 0 radical (unpaired) electrons. The van der Waals surface area contributed by atoms with E-state index in [-0.39, 0.29) is 6.04 Å². The van der Waals surface area contributed by atoms with Crippen molar-refractivity contribution in [3.05, 3.63) is 40.7 Å². The van der Waals surface area contributed by atoms with Crippen LogP contribution in [-0.4, -0.2) is 21.5 Å². The van der Waals surface area contributed by atoms with Crippen LogP contribution in [0.4, 0.5) is 0 Å². The summed E-state index contributed by atoms with van der Waals surface area (Å²) < 4.78 is 1.69. The third-order valence-corrected chi connectivity index (χ3v) is 3.34. The van der Waals surface area contributed by atoms with Crippen LogP contribution in [0.25, 0.3) is 5.69 Å². The fourth-order valence-electron chi connectivity index (χ4n) is 2.24. The molecule has 1 unspecified atom stereocenters. The minimum absolute atomic E-state index is 0.109. The molecule has 0 aliphatic rings. The molecule has 0 spiro atoms. The topological polar surface area (TPSA) is 90.3 Å². The Kier molecular flexibility index (Phi) is 4.32. The Labute approximate surface area is 123 Å². The van der Waals surface area contributed by atoms with Crippen molar-refractivity contribution >= 4 is 0 Å². The van der Waals surface area contributed by atoms with Crippen molar-refractivity contribution in [3.8, 4) is 17.8 Å². The molecule has 1 aromatic heterocycles. The maximum atomic E-state index is 9.10. The minimum atomic E-state index is 0.109. The van der Waals surface area contributed by atoms with E-state index in [4.69, 9.17) is 10.5 Å². The molecule has 0 amide bonds. The molecule has 1 aromatic carbocycles. The molecular formula is C15H16N6. The van der Waals surface area contributed by atoms with Gasteiger partial charge in [-0.3, -0.25) is 0 Å². The van der Waals surface area contributed by atoms with Crippen LogP contribution in [0.15, 0.2) is 18.2 Å². The Morgan fingerprint density at radius 1 is 1.29 bits per heavy atom. The lowest BCUT2D eigenvalue weighted by atomic mass is 10.1. The van der Waals surface area contributed by atoms with Crippen LogP contribution in [0.3, 0.4) is 0 Å². The second kappa shape index (κ2) is 6.17. The van der Waals surface area contributed by atoms with Crippen molar-refractivity contribution < 1.29 is 0 Å².